The zero-order chi connectivity index (χ0) is 12.3. The lowest BCUT2D eigenvalue weighted by Gasteiger charge is -2.12. The Morgan fingerprint density at radius 3 is 2.94 bits per heavy atom. The second kappa shape index (κ2) is 5.19. The number of hydrogen-bond acceptors (Lipinski definition) is 3. The molecule has 17 heavy (non-hydrogen) atoms. The zero-order valence-electron chi connectivity index (χ0n) is 9.98. The van der Waals surface area contributed by atoms with Crippen molar-refractivity contribution in [2.24, 2.45) is 0 Å². The summed E-state index contributed by atoms with van der Waals surface area (Å²) in [6.07, 6.45) is 1.91. The number of carbonyl (C=O) groups is 1. The van der Waals surface area contributed by atoms with Crippen LogP contribution in [0, 0.1) is 0 Å². The summed E-state index contributed by atoms with van der Waals surface area (Å²) < 4.78 is 5.34. The number of rotatable bonds is 3. The van der Waals surface area contributed by atoms with Crippen molar-refractivity contribution in [3.05, 3.63) is 29.3 Å². The van der Waals surface area contributed by atoms with E-state index in [1.165, 1.54) is 5.56 Å². The number of benzene rings is 1. The molecule has 1 aliphatic heterocycles. The van der Waals surface area contributed by atoms with E-state index >= 15 is 0 Å². The third-order valence-electron chi connectivity index (χ3n) is 3.09. The maximum Gasteiger partial charge on any atom is 0.341 e. The van der Waals surface area contributed by atoms with Gasteiger partial charge in [-0.15, -0.1) is 0 Å². The average molecular weight is 235 g/mol. The Morgan fingerprint density at radius 2 is 2.18 bits per heavy atom. The average Bonchev–Trinajstić information content (AvgIpc) is 2.49. The van der Waals surface area contributed by atoms with Gasteiger partial charge in [0.15, 0.2) is 6.61 Å². The Morgan fingerprint density at radius 1 is 1.41 bits per heavy atom. The lowest BCUT2D eigenvalue weighted by Crippen LogP contribution is -2.20. The van der Waals surface area contributed by atoms with Crippen molar-refractivity contribution in [3.8, 4) is 5.75 Å². The lowest BCUT2D eigenvalue weighted by atomic mass is 10.0. The third kappa shape index (κ3) is 2.97. The van der Waals surface area contributed by atoms with Gasteiger partial charge in [0, 0.05) is 13.1 Å². The Hall–Kier alpha value is -1.55. The van der Waals surface area contributed by atoms with E-state index in [0.717, 1.165) is 37.2 Å². The van der Waals surface area contributed by atoms with Gasteiger partial charge in [0.1, 0.15) is 5.75 Å². The minimum absolute atomic E-state index is 0.272. The van der Waals surface area contributed by atoms with Gasteiger partial charge in [-0.25, -0.2) is 4.79 Å². The molecule has 0 saturated heterocycles. The smallest absolute Gasteiger partial charge is 0.341 e. The highest BCUT2D eigenvalue weighted by Gasteiger charge is 2.15. The van der Waals surface area contributed by atoms with Gasteiger partial charge in [-0.3, -0.25) is 0 Å². The summed E-state index contributed by atoms with van der Waals surface area (Å²) in [6, 6.07) is 5.89. The first-order valence-electron chi connectivity index (χ1n) is 5.80. The summed E-state index contributed by atoms with van der Waals surface area (Å²) in [4.78, 5) is 12.8. The van der Waals surface area contributed by atoms with Crippen molar-refractivity contribution in [1.82, 2.24) is 4.90 Å². The van der Waals surface area contributed by atoms with Crippen LogP contribution in [-0.2, 0) is 17.6 Å². The van der Waals surface area contributed by atoms with Gasteiger partial charge in [0.2, 0.25) is 0 Å². The largest absolute Gasteiger partial charge is 0.482 e. The molecule has 2 rings (SSSR count). The maximum atomic E-state index is 10.5. The van der Waals surface area contributed by atoms with E-state index in [1.807, 2.05) is 12.1 Å². The molecular formula is C13H17NO3. The summed E-state index contributed by atoms with van der Waals surface area (Å²) in [6.45, 7) is 1.75. The van der Waals surface area contributed by atoms with Crippen LogP contribution in [0.15, 0.2) is 18.2 Å². The molecule has 0 unspecified atom stereocenters. The molecule has 0 atom stereocenters. The lowest BCUT2D eigenvalue weighted by molar-refractivity contribution is -0.139. The van der Waals surface area contributed by atoms with Crippen LogP contribution in [0.4, 0.5) is 0 Å². The van der Waals surface area contributed by atoms with Crippen LogP contribution in [-0.4, -0.2) is 42.7 Å². The van der Waals surface area contributed by atoms with Gasteiger partial charge in [0.25, 0.3) is 0 Å². The molecule has 92 valence electrons. The number of nitrogens with zero attached hydrogens (tertiary/aromatic N) is 1. The molecule has 0 spiro atoms. The molecule has 4 heteroatoms. The molecule has 1 aromatic rings. The monoisotopic (exact) mass is 235 g/mol. The Labute approximate surface area is 101 Å². The Kier molecular flexibility index (Phi) is 3.64. The second-order valence-electron chi connectivity index (χ2n) is 4.38. The second-order valence-corrected chi connectivity index (χ2v) is 4.38. The number of hydrogen-bond donors (Lipinski definition) is 1. The highest BCUT2D eigenvalue weighted by molar-refractivity contribution is 5.68. The minimum atomic E-state index is -0.937. The predicted molar refractivity (Wildman–Crippen MR) is 64.5 cm³/mol. The highest BCUT2D eigenvalue weighted by atomic mass is 16.5. The molecule has 1 N–H and O–H groups in total. The van der Waals surface area contributed by atoms with E-state index in [4.69, 9.17) is 9.84 Å². The van der Waals surface area contributed by atoms with Crippen LogP contribution in [0.3, 0.4) is 0 Å². The van der Waals surface area contributed by atoms with Crippen LogP contribution in [0.5, 0.6) is 5.75 Å². The molecule has 0 amide bonds. The number of carboxylic acid groups (broad SMARTS) is 1. The highest BCUT2D eigenvalue weighted by Crippen LogP contribution is 2.25. The van der Waals surface area contributed by atoms with Crippen LogP contribution in [0.1, 0.15) is 11.1 Å². The summed E-state index contributed by atoms with van der Waals surface area (Å²) in [5.41, 5.74) is 2.44. The van der Waals surface area contributed by atoms with E-state index in [0.29, 0.717) is 0 Å². The molecule has 4 nitrogen and oxygen atoms in total. The van der Waals surface area contributed by atoms with Gasteiger partial charge in [-0.1, -0.05) is 12.1 Å². The van der Waals surface area contributed by atoms with Crippen LogP contribution < -0.4 is 4.74 Å². The van der Waals surface area contributed by atoms with E-state index in [2.05, 4.69) is 18.0 Å². The topological polar surface area (TPSA) is 49.8 Å². The first-order valence-corrected chi connectivity index (χ1v) is 5.80. The fourth-order valence-electron chi connectivity index (χ4n) is 2.13. The van der Waals surface area contributed by atoms with E-state index in [9.17, 15) is 4.79 Å². The van der Waals surface area contributed by atoms with Gasteiger partial charge in [-0.05, 0) is 37.1 Å². The number of fused-ring (bicyclic) bond motifs is 1. The summed E-state index contributed by atoms with van der Waals surface area (Å²) in [5, 5.41) is 8.64. The number of ether oxygens (including phenoxy) is 1. The fourth-order valence-corrected chi connectivity index (χ4v) is 2.13. The van der Waals surface area contributed by atoms with Gasteiger partial charge >= 0.3 is 5.97 Å². The van der Waals surface area contributed by atoms with Gasteiger partial charge in [-0.2, -0.15) is 0 Å². The zero-order valence-corrected chi connectivity index (χ0v) is 9.98. The Bertz CT molecular complexity index is 417. The molecule has 0 saturated carbocycles. The SMILES string of the molecule is CN1CCc2cccc(OCC(=O)O)c2CC1. The minimum Gasteiger partial charge on any atom is -0.482 e. The Balaban J connectivity index is 2.20. The molecule has 0 bridgehead atoms. The molecule has 1 heterocycles. The maximum absolute atomic E-state index is 10.5. The first-order chi connectivity index (χ1) is 8.16. The third-order valence-corrected chi connectivity index (χ3v) is 3.09. The van der Waals surface area contributed by atoms with Gasteiger partial charge < -0.3 is 14.7 Å². The molecule has 0 fully saturated rings. The first kappa shape index (κ1) is 11.9. The summed E-state index contributed by atoms with van der Waals surface area (Å²) in [7, 11) is 2.10. The normalized spacial score (nSPS) is 16.1. The molecule has 0 aliphatic carbocycles. The molecule has 0 aromatic heterocycles. The number of aliphatic carboxylic acids is 1. The van der Waals surface area contributed by atoms with Crippen molar-refractivity contribution in [2.75, 3.05) is 26.7 Å². The van der Waals surface area contributed by atoms with Crippen LogP contribution in [0.25, 0.3) is 0 Å². The molecule has 1 aliphatic rings. The van der Waals surface area contributed by atoms with Crippen molar-refractivity contribution in [3.63, 3.8) is 0 Å². The number of likely N-dealkylation sites (N-methyl/N-ethyl adjacent to an activating group) is 1. The van der Waals surface area contributed by atoms with Crippen LogP contribution >= 0.6 is 0 Å². The summed E-state index contributed by atoms with van der Waals surface area (Å²) >= 11 is 0. The standard InChI is InChI=1S/C13H17NO3/c1-14-7-5-10-3-2-4-12(11(10)6-8-14)17-9-13(15)16/h2-4H,5-9H2,1H3,(H,15,16). The molecular weight excluding hydrogens is 218 g/mol. The number of carboxylic acids is 1. The van der Waals surface area contributed by atoms with E-state index in [-0.39, 0.29) is 6.61 Å². The van der Waals surface area contributed by atoms with E-state index < -0.39 is 5.97 Å². The molecule has 0 radical (unpaired) electrons. The van der Waals surface area contributed by atoms with Crippen molar-refractivity contribution in [1.29, 1.82) is 0 Å². The van der Waals surface area contributed by atoms with E-state index in [1.54, 1.807) is 0 Å². The molecule has 1 aromatic carbocycles. The predicted octanol–water partition coefficient (Wildman–Crippen LogP) is 1.18. The van der Waals surface area contributed by atoms with Crippen molar-refractivity contribution < 1.29 is 14.6 Å². The van der Waals surface area contributed by atoms with Crippen LogP contribution in [0.2, 0.25) is 0 Å². The quantitative estimate of drug-likeness (QED) is 0.854. The fraction of sp³-hybridized carbons (Fsp3) is 0.462. The van der Waals surface area contributed by atoms with Crippen molar-refractivity contribution in [2.45, 2.75) is 12.8 Å². The van der Waals surface area contributed by atoms with Gasteiger partial charge in [0.05, 0.1) is 0 Å². The summed E-state index contributed by atoms with van der Waals surface area (Å²) in [5.74, 6) is -0.214. The van der Waals surface area contributed by atoms with Crippen molar-refractivity contribution >= 4 is 5.97 Å².